The lowest BCUT2D eigenvalue weighted by atomic mass is 10.3. The Morgan fingerprint density at radius 1 is 1.14 bits per heavy atom. The number of ether oxygens (including phenoxy) is 1. The zero-order valence-corrected chi connectivity index (χ0v) is 11.7. The molecule has 112 valence electrons. The van der Waals surface area contributed by atoms with E-state index >= 15 is 0 Å². The number of para-hydroxylation sites is 1. The maximum atomic E-state index is 13.5. The summed E-state index contributed by atoms with van der Waals surface area (Å²) >= 11 is 0. The number of hydrogen-bond donors (Lipinski definition) is 2. The average molecular weight is 314 g/mol. The number of sulfonamides is 1. The van der Waals surface area contributed by atoms with E-state index in [1.807, 2.05) is 4.72 Å². The second-order valence-corrected chi connectivity index (χ2v) is 5.76. The SMILES string of the molecule is COc1ccc(S(=O)(=O)Nc2c(F)cccc2F)c(N)c1. The topological polar surface area (TPSA) is 81.4 Å². The van der Waals surface area contributed by atoms with Crippen LogP contribution in [0.15, 0.2) is 41.3 Å². The van der Waals surface area contributed by atoms with Gasteiger partial charge in [0.05, 0.1) is 12.8 Å². The molecule has 0 atom stereocenters. The van der Waals surface area contributed by atoms with Gasteiger partial charge in [0.1, 0.15) is 28.0 Å². The molecule has 0 heterocycles. The van der Waals surface area contributed by atoms with Crippen LogP contribution >= 0.6 is 0 Å². The van der Waals surface area contributed by atoms with Gasteiger partial charge in [-0.25, -0.2) is 17.2 Å². The largest absolute Gasteiger partial charge is 0.497 e. The van der Waals surface area contributed by atoms with Crippen molar-refractivity contribution in [3.05, 3.63) is 48.0 Å². The molecule has 2 aromatic rings. The van der Waals surface area contributed by atoms with Crippen LogP contribution in [0.2, 0.25) is 0 Å². The number of nitrogens with one attached hydrogen (secondary N) is 1. The summed E-state index contributed by atoms with van der Waals surface area (Å²) < 4.78 is 58.1. The molecular formula is C13H12F2N2O3S. The van der Waals surface area contributed by atoms with Crippen LogP contribution in [0.3, 0.4) is 0 Å². The molecule has 0 aliphatic rings. The summed E-state index contributed by atoms with van der Waals surface area (Å²) in [5, 5.41) is 0. The molecule has 0 amide bonds. The van der Waals surface area contributed by atoms with Crippen LogP contribution in [0.5, 0.6) is 5.75 Å². The smallest absolute Gasteiger partial charge is 0.264 e. The van der Waals surface area contributed by atoms with Crippen molar-refractivity contribution >= 4 is 21.4 Å². The third-order valence-corrected chi connectivity index (χ3v) is 4.13. The molecule has 0 fully saturated rings. The fourth-order valence-electron chi connectivity index (χ4n) is 1.68. The van der Waals surface area contributed by atoms with Gasteiger partial charge in [-0.3, -0.25) is 4.72 Å². The molecule has 0 saturated heterocycles. The summed E-state index contributed by atoms with van der Waals surface area (Å²) in [6.07, 6.45) is 0. The minimum Gasteiger partial charge on any atom is -0.497 e. The van der Waals surface area contributed by atoms with Gasteiger partial charge in [-0.2, -0.15) is 0 Å². The Morgan fingerprint density at radius 2 is 1.76 bits per heavy atom. The van der Waals surface area contributed by atoms with Crippen molar-refractivity contribution in [3.8, 4) is 5.75 Å². The normalized spacial score (nSPS) is 11.2. The van der Waals surface area contributed by atoms with Crippen molar-refractivity contribution in [2.24, 2.45) is 0 Å². The standard InChI is InChI=1S/C13H12F2N2O3S/c1-20-8-5-6-12(11(16)7-8)21(18,19)17-13-9(14)3-2-4-10(13)15/h2-7,17H,16H2,1H3. The van der Waals surface area contributed by atoms with E-state index in [9.17, 15) is 17.2 Å². The first kappa shape index (κ1) is 15.0. The van der Waals surface area contributed by atoms with Gasteiger partial charge in [0.2, 0.25) is 0 Å². The Balaban J connectivity index is 2.44. The summed E-state index contributed by atoms with van der Waals surface area (Å²) in [4.78, 5) is -0.300. The fourth-order valence-corrected chi connectivity index (χ4v) is 2.87. The Kier molecular flexibility index (Phi) is 3.99. The lowest BCUT2D eigenvalue weighted by molar-refractivity contribution is 0.414. The molecule has 0 aromatic heterocycles. The van der Waals surface area contributed by atoms with Gasteiger partial charge in [0, 0.05) is 6.07 Å². The van der Waals surface area contributed by atoms with Crippen molar-refractivity contribution < 1.29 is 21.9 Å². The number of rotatable bonds is 4. The monoisotopic (exact) mass is 314 g/mol. The number of halogens is 2. The van der Waals surface area contributed by atoms with Gasteiger partial charge in [0.25, 0.3) is 10.0 Å². The number of nitrogens with two attached hydrogens (primary N) is 1. The van der Waals surface area contributed by atoms with Crippen molar-refractivity contribution in [2.45, 2.75) is 4.90 Å². The predicted octanol–water partition coefficient (Wildman–Crippen LogP) is 2.36. The number of anilines is 2. The number of hydrogen-bond acceptors (Lipinski definition) is 4. The van der Waals surface area contributed by atoms with E-state index in [0.29, 0.717) is 5.75 Å². The van der Waals surface area contributed by atoms with E-state index in [-0.39, 0.29) is 10.6 Å². The Labute approximate surface area is 120 Å². The van der Waals surface area contributed by atoms with Crippen LogP contribution in [0.25, 0.3) is 0 Å². The summed E-state index contributed by atoms with van der Waals surface area (Å²) in [6, 6.07) is 6.88. The minimum atomic E-state index is -4.22. The quantitative estimate of drug-likeness (QED) is 0.849. The second kappa shape index (κ2) is 5.57. The van der Waals surface area contributed by atoms with Crippen LogP contribution in [0.1, 0.15) is 0 Å². The zero-order chi connectivity index (χ0) is 15.6. The molecule has 0 aliphatic heterocycles. The highest BCUT2D eigenvalue weighted by molar-refractivity contribution is 7.92. The first-order valence-electron chi connectivity index (χ1n) is 5.75. The molecule has 5 nitrogen and oxygen atoms in total. The van der Waals surface area contributed by atoms with Crippen molar-refractivity contribution in [3.63, 3.8) is 0 Å². The molecule has 0 radical (unpaired) electrons. The van der Waals surface area contributed by atoms with E-state index in [4.69, 9.17) is 10.5 Å². The zero-order valence-electron chi connectivity index (χ0n) is 10.9. The van der Waals surface area contributed by atoms with Gasteiger partial charge >= 0.3 is 0 Å². The van der Waals surface area contributed by atoms with Crippen LogP contribution in [-0.2, 0) is 10.0 Å². The molecule has 8 heteroatoms. The lowest BCUT2D eigenvalue weighted by Crippen LogP contribution is -2.16. The second-order valence-electron chi connectivity index (χ2n) is 4.11. The third-order valence-electron chi connectivity index (χ3n) is 2.71. The Hall–Kier alpha value is -2.35. The molecule has 2 rings (SSSR count). The molecule has 0 aliphatic carbocycles. The summed E-state index contributed by atoms with van der Waals surface area (Å²) in [5.74, 6) is -1.68. The highest BCUT2D eigenvalue weighted by Crippen LogP contribution is 2.27. The number of methoxy groups -OCH3 is 1. The van der Waals surface area contributed by atoms with Gasteiger partial charge in [-0.15, -0.1) is 0 Å². The molecule has 0 spiro atoms. The van der Waals surface area contributed by atoms with Gasteiger partial charge in [-0.1, -0.05) is 6.07 Å². The molecule has 3 N–H and O–H groups in total. The van der Waals surface area contributed by atoms with Crippen molar-refractivity contribution in [1.82, 2.24) is 0 Å². The number of benzene rings is 2. The van der Waals surface area contributed by atoms with E-state index < -0.39 is 27.3 Å². The van der Waals surface area contributed by atoms with E-state index in [2.05, 4.69) is 0 Å². The molecule has 0 unspecified atom stereocenters. The summed E-state index contributed by atoms with van der Waals surface area (Å²) in [5.41, 5.74) is 4.77. The maximum absolute atomic E-state index is 13.5. The van der Waals surface area contributed by atoms with Crippen molar-refractivity contribution in [1.29, 1.82) is 0 Å². The fraction of sp³-hybridized carbons (Fsp3) is 0.0769. The van der Waals surface area contributed by atoms with Crippen molar-refractivity contribution in [2.75, 3.05) is 17.6 Å². The molecule has 2 aromatic carbocycles. The van der Waals surface area contributed by atoms with E-state index in [1.165, 1.54) is 25.3 Å². The summed E-state index contributed by atoms with van der Waals surface area (Å²) in [7, 11) is -2.83. The van der Waals surface area contributed by atoms with Gasteiger partial charge in [-0.05, 0) is 24.3 Å². The first-order valence-corrected chi connectivity index (χ1v) is 7.24. The van der Waals surface area contributed by atoms with Crippen LogP contribution in [0, 0.1) is 11.6 Å². The van der Waals surface area contributed by atoms with Crippen LogP contribution in [-0.4, -0.2) is 15.5 Å². The van der Waals surface area contributed by atoms with E-state index in [0.717, 1.165) is 18.2 Å². The molecule has 0 bridgehead atoms. The lowest BCUT2D eigenvalue weighted by Gasteiger charge is -2.12. The predicted molar refractivity (Wildman–Crippen MR) is 74.6 cm³/mol. The molecule has 0 saturated carbocycles. The van der Waals surface area contributed by atoms with Gasteiger partial charge in [0.15, 0.2) is 0 Å². The van der Waals surface area contributed by atoms with Crippen LogP contribution in [0.4, 0.5) is 20.2 Å². The Bertz CT molecular complexity index is 759. The molecule has 21 heavy (non-hydrogen) atoms. The maximum Gasteiger partial charge on any atom is 0.264 e. The van der Waals surface area contributed by atoms with Gasteiger partial charge < -0.3 is 10.5 Å². The highest BCUT2D eigenvalue weighted by Gasteiger charge is 2.21. The third kappa shape index (κ3) is 3.05. The van der Waals surface area contributed by atoms with E-state index in [1.54, 1.807) is 0 Å². The average Bonchev–Trinajstić information content (AvgIpc) is 2.42. The highest BCUT2D eigenvalue weighted by atomic mass is 32.2. The number of nitrogen functional groups attached to an aromatic ring is 1. The Morgan fingerprint density at radius 3 is 2.29 bits per heavy atom. The minimum absolute atomic E-state index is 0.0985. The first-order chi connectivity index (χ1) is 9.85. The summed E-state index contributed by atoms with van der Waals surface area (Å²) in [6.45, 7) is 0. The molecular weight excluding hydrogens is 302 g/mol. The van der Waals surface area contributed by atoms with Crippen LogP contribution < -0.4 is 15.2 Å².